The van der Waals surface area contributed by atoms with Crippen LogP contribution in [0.2, 0.25) is 0 Å². The molecule has 0 saturated heterocycles. The number of amides is 1. The average molecular weight is 311 g/mol. The van der Waals surface area contributed by atoms with Crippen molar-refractivity contribution in [3.05, 3.63) is 22.4 Å². The van der Waals surface area contributed by atoms with E-state index in [-0.39, 0.29) is 17.8 Å². The molecule has 0 unspecified atom stereocenters. The summed E-state index contributed by atoms with van der Waals surface area (Å²) in [6.07, 6.45) is 1.08. The molecule has 0 aromatic carbocycles. The van der Waals surface area contributed by atoms with E-state index in [1.54, 1.807) is 11.3 Å². The number of esters is 1. The SMILES string of the molecule is CC(C)[C@@H](NC(=O)CCc1cccs1)C(=O)OC(C)(C)C. The van der Waals surface area contributed by atoms with Gasteiger partial charge in [-0.2, -0.15) is 0 Å². The third-order valence-electron chi connectivity index (χ3n) is 2.82. The molecule has 118 valence electrons. The Kier molecular flexibility index (Phi) is 6.40. The normalized spacial score (nSPS) is 13.0. The van der Waals surface area contributed by atoms with E-state index in [1.165, 1.54) is 4.88 Å². The Balaban J connectivity index is 2.53. The smallest absolute Gasteiger partial charge is 0.329 e. The van der Waals surface area contributed by atoms with Crippen molar-refractivity contribution in [1.82, 2.24) is 5.32 Å². The van der Waals surface area contributed by atoms with E-state index >= 15 is 0 Å². The van der Waals surface area contributed by atoms with Gasteiger partial charge in [-0.05, 0) is 44.6 Å². The molecule has 0 radical (unpaired) electrons. The lowest BCUT2D eigenvalue weighted by Gasteiger charge is -2.26. The molecule has 0 aliphatic heterocycles. The first kappa shape index (κ1) is 17.7. The number of hydrogen-bond donors (Lipinski definition) is 1. The molecule has 21 heavy (non-hydrogen) atoms. The zero-order valence-electron chi connectivity index (χ0n) is 13.4. The summed E-state index contributed by atoms with van der Waals surface area (Å²) in [5.41, 5.74) is -0.550. The van der Waals surface area contributed by atoms with Crippen molar-refractivity contribution >= 4 is 23.2 Å². The van der Waals surface area contributed by atoms with Gasteiger partial charge in [0.2, 0.25) is 5.91 Å². The highest BCUT2D eigenvalue weighted by Gasteiger charge is 2.28. The van der Waals surface area contributed by atoms with E-state index in [2.05, 4.69) is 5.32 Å². The summed E-state index contributed by atoms with van der Waals surface area (Å²) in [6, 6.07) is 3.38. The molecule has 0 bridgehead atoms. The molecule has 0 spiro atoms. The molecule has 1 N–H and O–H groups in total. The minimum absolute atomic E-state index is 0.00876. The van der Waals surface area contributed by atoms with Gasteiger partial charge in [0.1, 0.15) is 11.6 Å². The molecule has 1 amide bonds. The van der Waals surface area contributed by atoms with E-state index < -0.39 is 11.6 Å². The largest absolute Gasteiger partial charge is 0.458 e. The number of carbonyl (C=O) groups is 2. The molecule has 4 nitrogen and oxygen atoms in total. The second-order valence-corrected chi connectivity index (χ2v) is 7.43. The number of carbonyl (C=O) groups excluding carboxylic acids is 2. The molecular formula is C16H25NO3S. The van der Waals surface area contributed by atoms with Gasteiger partial charge in [0.05, 0.1) is 0 Å². The van der Waals surface area contributed by atoms with E-state index in [9.17, 15) is 9.59 Å². The number of nitrogens with one attached hydrogen (secondary N) is 1. The fourth-order valence-electron chi connectivity index (χ4n) is 1.80. The average Bonchev–Trinajstić information content (AvgIpc) is 2.83. The fourth-order valence-corrected chi connectivity index (χ4v) is 2.51. The van der Waals surface area contributed by atoms with E-state index in [1.807, 2.05) is 52.1 Å². The monoisotopic (exact) mass is 311 g/mol. The Hall–Kier alpha value is -1.36. The van der Waals surface area contributed by atoms with E-state index in [0.717, 1.165) is 0 Å². The Morgan fingerprint density at radius 3 is 2.48 bits per heavy atom. The van der Waals surface area contributed by atoms with Crippen LogP contribution in [-0.2, 0) is 20.7 Å². The van der Waals surface area contributed by atoms with Gasteiger partial charge in [-0.3, -0.25) is 4.79 Å². The van der Waals surface area contributed by atoms with Crippen LogP contribution in [0.5, 0.6) is 0 Å². The first-order valence-corrected chi connectivity index (χ1v) is 8.11. The first-order chi connectivity index (χ1) is 9.69. The summed E-state index contributed by atoms with van der Waals surface area (Å²) in [5.74, 6) is -0.500. The Morgan fingerprint density at radius 2 is 2.00 bits per heavy atom. The highest BCUT2D eigenvalue weighted by atomic mass is 32.1. The number of ether oxygens (including phenoxy) is 1. The van der Waals surface area contributed by atoms with Crippen molar-refractivity contribution in [2.45, 2.75) is 59.1 Å². The van der Waals surface area contributed by atoms with Gasteiger partial charge < -0.3 is 10.1 Å². The predicted molar refractivity (Wildman–Crippen MR) is 85.3 cm³/mol. The van der Waals surface area contributed by atoms with Gasteiger partial charge in [0.25, 0.3) is 0 Å². The van der Waals surface area contributed by atoms with Crippen LogP contribution in [0.15, 0.2) is 17.5 Å². The maximum atomic E-state index is 12.1. The number of hydrogen-bond acceptors (Lipinski definition) is 4. The van der Waals surface area contributed by atoms with Crippen molar-refractivity contribution in [3.63, 3.8) is 0 Å². The van der Waals surface area contributed by atoms with Crippen LogP contribution >= 0.6 is 11.3 Å². The lowest BCUT2D eigenvalue weighted by molar-refractivity contribution is -0.160. The number of thiophene rings is 1. The van der Waals surface area contributed by atoms with Gasteiger partial charge in [-0.25, -0.2) is 4.79 Å². The topological polar surface area (TPSA) is 55.4 Å². The minimum Gasteiger partial charge on any atom is -0.458 e. The molecule has 1 rings (SSSR count). The Morgan fingerprint density at radius 1 is 1.33 bits per heavy atom. The second-order valence-electron chi connectivity index (χ2n) is 6.40. The molecular weight excluding hydrogens is 286 g/mol. The number of aryl methyl sites for hydroxylation is 1. The lowest BCUT2D eigenvalue weighted by atomic mass is 10.0. The third kappa shape index (κ3) is 6.76. The molecule has 0 aliphatic carbocycles. The summed E-state index contributed by atoms with van der Waals surface area (Å²) < 4.78 is 5.36. The van der Waals surface area contributed by atoms with Gasteiger partial charge in [0, 0.05) is 11.3 Å². The Bertz CT molecular complexity index is 460. The van der Waals surface area contributed by atoms with Crippen LogP contribution in [-0.4, -0.2) is 23.5 Å². The summed E-state index contributed by atoms with van der Waals surface area (Å²) in [4.78, 5) is 25.3. The molecule has 0 saturated carbocycles. The van der Waals surface area contributed by atoms with Crippen LogP contribution in [0.4, 0.5) is 0 Å². The highest BCUT2D eigenvalue weighted by molar-refractivity contribution is 7.09. The van der Waals surface area contributed by atoms with Gasteiger partial charge in [0.15, 0.2) is 0 Å². The lowest BCUT2D eigenvalue weighted by Crippen LogP contribution is -2.47. The maximum Gasteiger partial charge on any atom is 0.329 e. The minimum atomic E-state index is -0.597. The van der Waals surface area contributed by atoms with E-state index in [4.69, 9.17) is 4.74 Å². The molecule has 1 atom stereocenters. The zero-order valence-corrected chi connectivity index (χ0v) is 14.3. The standard InChI is InChI=1S/C16H25NO3S/c1-11(2)14(15(19)20-16(3,4)5)17-13(18)9-8-12-7-6-10-21-12/h6-7,10-11,14H,8-9H2,1-5H3,(H,17,18)/t14-/m1/s1. The van der Waals surface area contributed by atoms with Crippen molar-refractivity contribution < 1.29 is 14.3 Å². The van der Waals surface area contributed by atoms with Crippen molar-refractivity contribution in [3.8, 4) is 0 Å². The molecule has 1 heterocycles. The number of rotatable bonds is 6. The first-order valence-electron chi connectivity index (χ1n) is 7.23. The quantitative estimate of drug-likeness (QED) is 0.821. The molecule has 1 aromatic heterocycles. The highest BCUT2D eigenvalue weighted by Crippen LogP contribution is 2.14. The second kappa shape index (κ2) is 7.59. The van der Waals surface area contributed by atoms with Crippen LogP contribution in [0, 0.1) is 5.92 Å². The molecule has 0 aliphatic rings. The Labute approximate surface area is 130 Å². The van der Waals surface area contributed by atoms with Crippen molar-refractivity contribution in [2.75, 3.05) is 0 Å². The third-order valence-corrected chi connectivity index (χ3v) is 3.76. The van der Waals surface area contributed by atoms with Crippen LogP contribution in [0.1, 0.15) is 45.9 Å². The van der Waals surface area contributed by atoms with Crippen LogP contribution < -0.4 is 5.32 Å². The predicted octanol–water partition coefficient (Wildman–Crippen LogP) is 3.16. The summed E-state index contributed by atoms with van der Waals surface area (Å²) >= 11 is 1.63. The van der Waals surface area contributed by atoms with Gasteiger partial charge >= 0.3 is 5.97 Å². The van der Waals surface area contributed by atoms with E-state index in [0.29, 0.717) is 12.8 Å². The molecule has 5 heteroatoms. The summed E-state index contributed by atoms with van der Waals surface area (Å²) in [5, 5.41) is 4.78. The van der Waals surface area contributed by atoms with Crippen molar-refractivity contribution in [1.29, 1.82) is 0 Å². The molecule has 1 aromatic rings. The maximum absolute atomic E-state index is 12.1. The summed E-state index contributed by atoms with van der Waals surface area (Å²) in [7, 11) is 0. The van der Waals surface area contributed by atoms with Crippen molar-refractivity contribution in [2.24, 2.45) is 5.92 Å². The fraction of sp³-hybridized carbons (Fsp3) is 0.625. The van der Waals surface area contributed by atoms with Crippen LogP contribution in [0.3, 0.4) is 0 Å². The van der Waals surface area contributed by atoms with Crippen LogP contribution in [0.25, 0.3) is 0 Å². The molecule has 0 fully saturated rings. The zero-order chi connectivity index (χ0) is 16.0. The van der Waals surface area contributed by atoms with Gasteiger partial charge in [-0.15, -0.1) is 11.3 Å². The summed E-state index contributed by atoms with van der Waals surface area (Å²) in [6.45, 7) is 9.25. The van der Waals surface area contributed by atoms with Gasteiger partial charge in [-0.1, -0.05) is 19.9 Å².